The van der Waals surface area contributed by atoms with E-state index in [9.17, 15) is 13.8 Å². The molecule has 0 bridgehead atoms. The number of benzene rings is 1. The molecule has 2 rings (SSSR count). The van der Waals surface area contributed by atoms with E-state index in [4.69, 9.17) is 9.47 Å². The molecule has 1 amide bonds. The summed E-state index contributed by atoms with van der Waals surface area (Å²) < 4.78 is 22.2. The van der Waals surface area contributed by atoms with E-state index in [0.29, 0.717) is 21.8 Å². The summed E-state index contributed by atoms with van der Waals surface area (Å²) in [6, 6.07) is 2.74. The quantitative estimate of drug-likeness (QED) is 0.733. The van der Waals surface area contributed by atoms with Gasteiger partial charge in [0.25, 0.3) is 0 Å². The van der Waals surface area contributed by atoms with E-state index in [1.165, 1.54) is 13.4 Å². The fourth-order valence-corrected chi connectivity index (χ4v) is 3.43. The summed E-state index contributed by atoms with van der Waals surface area (Å²) in [5.41, 5.74) is 0.718. The zero-order chi connectivity index (χ0) is 21.2. The molecule has 1 aromatic carbocycles. The SMILES string of the molecule is COC(=O)c1cc2nc(C(NC(=O)OC(C)(C)C)C(C)C)[nH]c2cc1S(C)=O. The average molecular weight is 410 g/mol. The van der Waals surface area contributed by atoms with E-state index in [1.54, 1.807) is 32.9 Å². The number of aromatic amines is 1. The van der Waals surface area contributed by atoms with Crippen LogP contribution in [0.1, 0.15) is 56.8 Å². The number of alkyl carbamates (subject to hydrolysis) is 1. The Morgan fingerprint density at radius 1 is 1.25 bits per heavy atom. The summed E-state index contributed by atoms with van der Waals surface area (Å²) in [7, 11) is -0.120. The van der Waals surface area contributed by atoms with Gasteiger partial charge in [0.1, 0.15) is 11.4 Å². The molecular weight excluding hydrogens is 382 g/mol. The molecule has 0 aliphatic carbocycles. The van der Waals surface area contributed by atoms with Crippen LogP contribution in [0.3, 0.4) is 0 Å². The van der Waals surface area contributed by atoms with E-state index in [2.05, 4.69) is 15.3 Å². The molecule has 8 nitrogen and oxygen atoms in total. The summed E-state index contributed by atoms with van der Waals surface area (Å²) in [6.07, 6.45) is 0.948. The van der Waals surface area contributed by atoms with Crippen molar-refractivity contribution < 1.29 is 23.3 Å². The van der Waals surface area contributed by atoms with Gasteiger partial charge in [-0.05, 0) is 38.8 Å². The Morgan fingerprint density at radius 2 is 1.89 bits per heavy atom. The molecule has 0 fully saturated rings. The highest BCUT2D eigenvalue weighted by Crippen LogP contribution is 2.26. The van der Waals surface area contributed by atoms with Crippen LogP contribution >= 0.6 is 0 Å². The number of H-pyrrole nitrogens is 1. The third kappa shape index (κ3) is 5.09. The van der Waals surface area contributed by atoms with Gasteiger partial charge in [0.15, 0.2) is 0 Å². The number of esters is 1. The van der Waals surface area contributed by atoms with Crippen molar-refractivity contribution in [1.82, 2.24) is 15.3 Å². The molecule has 0 saturated heterocycles. The lowest BCUT2D eigenvalue weighted by Crippen LogP contribution is -2.37. The van der Waals surface area contributed by atoms with Gasteiger partial charge in [-0.25, -0.2) is 14.6 Å². The van der Waals surface area contributed by atoms with Crippen molar-refractivity contribution in [2.75, 3.05) is 13.4 Å². The Hall–Kier alpha value is -2.42. The van der Waals surface area contributed by atoms with Crippen LogP contribution in [0, 0.1) is 5.92 Å². The Labute approximate surface area is 166 Å². The summed E-state index contributed by atoms with van der Waals surface area (Å²) in [5, 5.41) is 2.83. The van der Waals surface area contributed by atoms with Crippen molar-refractivity contribution >= 4 is 33.9 Å². The van der Waals surface area contributed by atoms with Crippen LogP contribution in [0.15, 0.2) is 17.0 Å². The topological polar surface area (TPSA) is 110 Å². The first-order chi connectivity index (χ1) is 12.9. The predicted molar refractivity (Wildman–Crippen MR) is 107 cm³/mol. The summed E-state index contributed by atoms with van der Waals surface area (Å²) in [6.45, 7) is 9.26. The molecular formula is C19H27N3O5S. The van der Waals surface area contributed by atoms with Crippen LogP contribution in [-0.4, -0.2) is 45.2 Å². The zero-order valence-electron chi connectivity index (χ0n) is 17.2. The highest BCUT2D eigenvalue weighted by atomic mass is 32.2. The molecule has 9 heteroatoms. The third-order valence-corrected chi connectivity index (χ3v) is 4.91. The first-order valence-corrected chi connectivity index (χ1v) is 10.4. The molecule has 0 aliphatic heterocycles. The van der Waals surface area contributed by atoms with Crippen molar-refractivity contribution in [1.29, 1.82) is 0 Å². The molecule has 0 saturated carbocycles. The molecule has 2 N–H and O–H groups in total. The summed E-state index contributed by atoms with van der Waals surface area (Å²) in [5.74, 6) is -0.0393. The lowest BCUT2D eigenvalue weighted by Gasteiger charge is -2.24. The minimum absolute atomic E-state index is 0.0212. The monoisotopic (exact) mass is 409 g/mol. The molecule has 0 spiro atoms. The fourth-order valence-electron chi connectivity index (χ4n) is 2.70. The van der Waals surface area contributed by atoms with Gasteiger partial charge in [-0.2, -0.15) is 0 Å². The minimum Gasteiger partial charge on any atom is -0.465 e. The van der Waals surface area contributed by atoms with Gasteiger partial charge < -0.3 is 19.8 Å². The molecule has 2 aromatic rings. The number of amides is 1. The smallest absolute Gasteiger partial charge is 0.408 e. The molecule has 28 heavy (non-hydrogen) atoms. The largest absolute Gasteiger partial charge is 0.465 e. The maximum Gasteiger partial charge on any atom is 0.408 e. The highest BCUT2D eigenvalue weighted by Gasteiger charge is 2.26. The number of nitrogens with zero attached hydrogens (tertiary/aromatic N) is 1. The van der Waals surface area contributed by atoms with Crippen LogP contribution < -0.4 is 5.32 Å². The van der Waals surface area contributed by atoms with E-state index >= 15 is 0 Å². The number of carbonyl (C=O) groups excluding carboxylic acids is 2. The predicted octanol–water partition coefficient (Wildman–Crippen LogP) is 3.31. The lowest BCUT2D eigenvalue weighted by atomic mass is 10.0. The van der Waals surface area contributed by atoms with Crippen LogP contribution in [0.2, 0.25) is 0 Å². The maximum atomic E-state index is 12.2. The van der Waals surface area contributed by atoms with E-state index in [1.807, 2.05) is 13.8 Å². The van der Waals surface area contributed by atoms with Gasteiger partial charge in [0.05, 0.1) is 45.4 Å². The average Bonchev–Trinajstić information content (AvgIpc) is 2.98. The molecule has 154 valence electrons. The number of imidazole rings is 1. The number of rotatable bonds is 5. The Morgan fingerprint density at radius 3 is 2.39 bits per heavy atom. The second kappa shape index (κ2) is 8.30. The first-order valence-electron chi connectivity index (χ1n) is 8.88. The van der Waals surface area contributed by atoms with E-state index < -0.39 is 34.5 Å². The van der Waals surface area contributed by atoms with Crippen LogP contribution in [0.4, 0.5) is 4.79 Å². The standard InChI is InChI=1S/C19H27N3O5S/c1-10(2)15(22-18(24)27-19(3,4)5)16-20-12-8-11(17(23)26-6)14(28(7)25)9-13(12)21-16/h8-10,15H,1-7H3,(H,20,21)(H,22,24). The number of fused-ring (bicyclic) bond motifs is 1. The van der Waals surface area contributed by atoms with Crippen molar-refractivity contribution in [2.24, 2.45) is 5.92 Å². The van der Waals surface area contributed by atoms with E-state index in [0.717, 1.165) is 0 Å². The Kier molecular flexibility index (Phi) is 6.48. The minimum atomic E-state index is -1.39. The third-order valence-electron chi connectivity index (χ3n) is 3.95. The van der Waals surface area contributed by atoms with Crippen LogP contribution in [-0.2, 0) is 20.3 Å². The van der Waals surface area contributed by atoms with Crippen molar-refractivity contribution in [3.63, 3.8) is 0 Å². The van der Waals surface area contributed by atoms with Gasteiger partial charge >= 0.3 is 12.1 Å². The normalized spacial score (nSPS) is 14.0. The van der Waals surface area contributed by atoms with Gasteiger partial charge in [-0.1, -0.05) is 13.8 Å². The van der Waals surface area contributed by atoms with E-state index in [-0.39, 0.29) is 11.5 Å². The van der Waals surface area contributed by atoms with Gasteiger partial charge in [-0.15, -0.1) is 0 Å². The second-order valence-corrected chi connectivity index (χ2v) is 9.15. The summed E-state index contributed by atoms with van der Waals surface area (Å²) >= 11 is 0. The zero-order valence-corrected chi connectivity index (χ0v) is 18.0. The fraction of sp³-hybridized carbons (Fsp3) is 0.526. The van der Waals surface area contributed by atoms with Crippen molar-refractivity contribution in [3.05, 3.63) is 23.5 Å². The number of hydrogen-bond donors (Lipinski definition) is 2. The molecule has 2 unspecified atom stereocenters. The molecule has 1 heterocycles. The molecule has 1 aromatic heterocycles. The number of aromatic nitrogens is 2. The lowest BCUT2D eigenvalue weighted by molar-refractivity contribution is 0.0486. The molecule has 2 atom stereocenters. The Balaban J connectivity index is 2.46. The van der Waals surface area contributed by atoms with Crippen LogP contribution in [0.25, 0.3) is 11.0 Å². The van der Waals surface area contributed by atoms with Gasteiger partial charge in [0.2, 0.25) is 0 Å². The Bertz CT molecular complexity index is 914. The van der Waals surface area contributed by atoms with Crippen LogP contribution in [0.5, 0.6) is 0 Å². The number of carbonyl (C=O) groups is 2. The number of nitrogens with one attached hydrogen (secondary N) is 2. The molecule has 0 radical (unpaired) electrons. The van der Waals surface area contributed by atoms with Crippen molar-refractivity contribution in [2.45, 2.75) is 51.2 Å². The van der Waals surface area contributed by atoms with Gasteiger partial charge in [-0.3, -0.25) is 4.21 Å². The summed E-state index contributed by atoms with van der Waals surface area (Å²) in [4.78, 5) is 32.3. The maximum absolute atomic E-state index is 12.2. The molecule has 0 aliphatic rings. The number of hydrogen-bond acceptors (Lipinski definition) is 6. The first kappa shape index (κ1) is 21.9. The second-order valence-electron chi connectivity index (χ2n) is 7.80. The number of ether oxygens (including phenoxy) is 2. The van der Waals surface area contributed by atoms with Crippen molar-refractivity contribution in [3.8, 4) is 0 Å². The number of methoxy groups -OCH3 is 1. The van der Waals surface area contributed by atoms with Gasteiger partial charge in [0, 0.05) is 6.26 Å². The highest BCUT2D eigenvalue weighted by molar-refractivity contribution is 7.84.